The van der Waals surface area contributed by atoms with E-state index >= 15 is 4.79 Å². The van der Waals surface area contributed by atoms with E-state index < -0.39 is 174 Å². The van der Waals surface area contributed by atoms with Gasteiger partial charge in [0, 0.05) is 74.8 Å². The number of hydrogen-bond donors (Lipinski definition) is 6. The second-order valence-corrected chi connectivity index (χ2v) is 26.5. The standard InChI is InChI=1S/C63H94N2O20/c1-28-15-18-44(81-49-26-61(11,64)56(36(9)80-49)65-60(73)75-14)29(2)20-39-21-38(27-76-37(10)66)32(5)25-63(39)58(71)50(59(72)85-63)57(70)62(12)41(28)17-16-40-51(62)30(3)19-31(4)53(40)83-48-24-45(52(69)33(6)77-48)82-46-23-43(68)55(35(8)79-46)84-47-22-42(67)54(74-13)34(7)78-47/h15-17,20-21,30-36,39-49,51-56,67-70H,18-19,22-27,64H2,1-14H3,(H,65,73)/b28-15+,29-20+,57-50?/t30-,31-,32+,33-,34-,35-,36+,39+,40-,41-,42+,43+,44-,45+,46+,47+,48+,49-,51+,52-,53-,54-,55-,56-,61-,62+,63-/m0/s1. The van der Waals surface area contributed by atoms with Gasteiger partial charge in [0.15, 0.2) is 30.8 Å². The summed E-state index contributed by atoms with van der Waals surface area (Å²) in [4.78, 5) is 55.1. The molecule has 0 unspecified atom stereocenters. The molecule has 9 aliphatic rings. The van der Waals surface area contributed by atoms with Crippen LogP contribution < -0.4 is 11.1 Å². The van der Waals surface area contributed by atoms with E-state index in [1.165, 1.54) is 21.1 Å². The molecule has 9 rings (SSSR count). The molecule has 476 valence electrons. The number of alkyl carbamates (subject to hydrolysis) is 1. The SMILES string of the molecule is COC(=O)N[C@H]1[C@@H](C)O[C@@H](O[C@H]2C/C=C(\C)[C@@H]3C=C[C@@H]4[C@@H](O[C@@H]5C[C@@H](O[C@@H]6C[C@@H](O)[C@@H](O[C@@H]7C[C@@H](O)[C@@H](OC)[C@H](C)O7)[C@H](C)O6)[C@@H](O)[C@H](C)O5)[C@@H](C)C[C@H](C)[C@H]4[C@]3(C)C(O)=C3C(=O)O[C@]4(C[C@@H](C)C(COC(C)=O)=C[C@H]4/C=C/2C)C3=O)C[C@]1(C)N. The van der Waals surface area contributed by atoms with Crippen LogP contribution in [0.1, 0.15) is 128 Å². The maximum Gasteiger partial charge on any atom is 0.407 e. The van der Waals surface area contributed by atoms with Gasteiger partial charge in [0.2, 0.25) is 5.78 Å². The molecule has 22 heteroatoms. The number of carbonyl (C=O) groups excluding carboxylic acids is 4. The number of carbonyl (C=O) groups is 4. The summed E-state index contributed by atoms with van der Waals surface area (Å²) in [5.74, 6) is -5.23. The van der Waals surface area contributed by atoms with Crippen LogP contribution in [0.15, 0.2) is 58.4 Å². The third-order valence-electron chi connectivity index (χ3n) is 20.2. The lowest BCUT2D eigenvalue weighted by Crippen LogP contribution is -2.66. The van der Waals surface area contributed by atoms with E-state index in [9.17, 15) is 34.8 Å². The molecule has 1 amide bonds. The van der Waals surface area contributed by atoms with Gasteiger partial charge in [0.05, 0.1) is 68.1 Å². The maximum absolute atomic E-state index is 15.7. The average molecular weight is 1200 g/mol. The lowest BCUT2D eigenvalue weighted by molar-refractivity contribution is -0.335. The number of ether oxygens (including phenoxy) is 12. The molecule has 5 heterocycles. The van der Waals surface area contributed by atoms with E-state index in [0.717, 1.165) is 11.1 Å². The number of hydrogen-bond acceptors (Lipinski definition) is 21. The molecule has 0 aromatic heterocycles. The van der Waals surface area contributed by atoms with Crippen LogP contribution in [0.2, 0.25) is 0 Å². The predicted octanol–water partition coefficient (Wildman–Crippen LogP) is 5.83. The highest BCUT2D eigenvalue weighted by Gasteiger charge is 2.64. The molecule has 27 atom stereocenters. The van der Waals surface area contributed by atoms with Crippen LogP contribution in [0.25, 0.3) is 0 Å². The number of amides is 1. The van der Waals surface area contributed by atoms with Crippen LogP contribution in [0.3, 0.4) is 0 Å². The third-order valence-corrected chi connectivity index (χ3v) is 20.2. The topological polar surface area (TPSA) is 298 Å². The minimum absolute atomic E-state index is 0.0255. The van der Waals surface area contributed by atoms with Crippen molar-refractivity contribution in [3.05, 3.63) is 58.4 Å². The van der Waals surface area contributed by atoms with Crippen molar-refractivity contribution >= 4 is 23.8 Å². The van der Waals surface area contributed by atoms with Gasteiger partial charge in [0.25, 0.3) is 0 Å². The number of Topliss-reactive ketones (excluding diaryl/α,β-unsaturated/α-hetero) is 1. The maximum atomic E-state index is 15.7. The first-order valence-corrected chi connectivity index (χ1v) is 30.5. The summed E-state index contributed by atoms with van der Waals surface area (Å²) < 4.78 is 74.0. The Bertz CT molecular complexity index is 2610. The van der Waals surface area contributed by atoms with Crippen LogP contribution in [0.5, 0.6) is 0 Å². The molecule has 4 aliphatic carbocycles. The molecule has 2 bridgehead atoms. The summed E-state index contributed by atoms with van der Waals surface area (Å²) in [5, 5.41) is 49.8. The Morgan fingerprint density at radius 3 is 2.00 bits per heavy atom. The number of nitrogens with two attached hydrogens (primary N) is 1. The number of aliphatic hydroxyl groups is 4. The van der Waals surface area contributed by atoms with Crippen molar-refractivity contribution in [3.63, 3.8) is 0 Å². The molecule has 5 saturated heterocycles. The van der Waals surface area contributed by atoms with Crippen molar-refractivity contribution in [3.8, 4) is 0 Å². The Balaban J connectivity index is 1.02. The van der Waals surface area contributed by atoms with Gasteiger partial charge in [-0.25, -0.2) is 9.59 Å². The van der Waals surface area contributed by atoms with Gasteiger partial charge in [-0.15, -0.1) is 0 Å². The van der Waals surface area contributed by atoms with E-state index in [0.29, 0.717) is 18.4 Å². The first kappa shape index (κ1) is 65.3. The van der Waals surface area contributed by atoms with Gasteiger partial charge in [-0.3, -0.25) is 9.59 Å². The third kappa shape index (κ3) is 12.9. The van der Waals surface area contributed by atoms with Crippen molar-refractivity contribution in [1.29, 1.82) is 0 Å². The second-order valence-electron chi connectivity index (χ2n) is 26.5. The van der Waals surface area contributed by atoms with Crippen LogP contribution in [0, 0.1) is 46.8 Å². The monoisotopic (exact) mass is 1200 g/mol. The van der Waals surface area contributed by atoms with Gasteiger partial charge in [0.1, 0.15) is 36.3 Å². The van der Waals surface area contributed by atoms with Crippen molar-refractivity contribution in [2.75, 3.05) is 20.8 Å². The minimum atomic E-state index is -1.79. The van der Waals surface area contributed by atoms with E-state index in [4.69, 9.17) is 62.6 Å². The Hall–Kier alpha value is -4.14. The highest BCUT2D eigenvalue weighted by Crippen LogP contribution is 2.61. The van der Waals surface area contributed by atoms with E-state index in [-0.39, 0.29) is 62.2 Å². The van der Waals surface area contributed by atoms with Gasteiger partial charge in [-0.05, 0) is 96.1 Å². The zero-order valence-corrected chi connectivity index (χ0v) is 51.8. The van der Waals surface area contributed by atoms with Crippen LogP contribution in [-0.2, 0) is 71.2 Å². The van der Waals surface area contributed by atoms with Crippen LogP contribution >= 0.6 is 0 Å². The van der Waals surface area contributed by atoms with Crippen molar-refractivity contribution in [1.82, 2.24) is 5.32 Å². The second kappa shape index (κ2) is 25.8. The molecule has 0 aromatic rings. The highest BCUT2D eigenvalue weighted by molar-refractivity contribution is 6.26. The summed E-state index contributed by atoms with van der Waals surface area (Å²) >= 11 is 0. The zero-order chi connectivity index (χ0) is 61.9. The van der Waals surface area contributed by atoms with Crippen molar-refractivity contribution in [2.45, 2.75) is 244 Å². The molecule has 0 aromatic carbocycles. The number of rotatable bonds is 12. The largest absolute Gasteiger partial charge is 0.511 e. The molecule has 6 fully saturated rings. The number of methoxy groups -OCH3 is 2. The molecule has 22 nitrogen and oxygen atoms in total. The van der Waals surface area contributed by atoms with Crippen molar-refractivity contribution < 1.29 is 96.4 Å². The quantitative estimate of drug-likeness (QED) is 0.0580. The average Bonchev–Trinajstić information content (AvgIpc) is 1.71. The Morgan fingerprint density at radius 1 is 0.741 bits per heavy atom. The van der Waals surface area contributed by atoms with Crippen LogP contribution in [-0.4, -0.2) is 181 Å². The molecule has 5 aliphatic heterocycles. The number of aliphatic hydroxyl groups excluding tert-OH is 4. The summed E-state index contributed by atoms with van der Waals surface area (Å²) in [6.45, 7) is 22.1. The Morgan fingerprint density at radius 2 is 1.36 bits per heavy atom. The minimum Gasteiger partial charge on any atom is -0.511 e. The smallest absolute Gasteiger partial charge is 0.407 e. The summed E-state index contributed by atoms with van der Waals surface area (Å²) in [6.07, 6.45) is -1.43. The fourth-order valence-electron chi connectivity index (χ4n) is 15.9. The first-order chi connectivity index (χ1) is 40.0. The fourth-order valence-corrected chi connectivity index (χ4v) is 15.9. The summed E-state index contributed by atoms with van der Waals surface area (Å²) in [7, 11) is 2.79. The predicted molar refractivity (Wildman–Crippen MR) is 304 cm³/mol. The lowest BCUT2D eigenvalue weighted by atomic mass is 9.49. The van der Waals surface area contributed by atoms with Gasteiger partial charge in [-0.2, -0.15) is 0 Å². The van der Waals surface area contributed by atoms with E-state index in [1.807, 2.05) is 52.8 Å². The molecule has 7 N–H and O–H groups in total. The Labute approximate surface area is 499 Å². The zero-order valence-electron chi connectivity index (χ0n) is 51.8. The Kier molecular flexibility index (Phi) is 19.8. The number of allylic oxidation sites excluding steroid dienone is 3. The molecule has 0 radical (unpaired) electrons. The van der Waals surface area contributed by atoms with Gasteiger partial charge < -0.3 is 88.3 Å². The number of ketones is 1. The van der Waals surface area contributed by atoms with Gasteiger partial charge >= 0.3 is 18.0 Å². The summed E-state index contributed by atoms with van der Waals surface area (Å²) in [6, 6.07) is -0.610. The lowest BCUT2D eigenvalue weighted by Gasteiger charge is -2.56. The molecular formula is C63H94N2O20. The highest BCUT2D eigenvalue weighted by atomic mass is 16.7. The van der Waals surface area contributed by atoms with E-state index in [2.05, 4.69) is 31.3 Å². The number of esters is 2. The molecule has 1 saturated carbocycles. The van der Waals surface area contributed by atoms with Crippen LogP contribution in [0.4, 0.5) is 4.79 Å². The molecular weight excluding hydrogens is 1100 g/mol. The normalized spacial score (nSPS) is 48.0. The number of nitrogens with one attached hydrogen (secondary N) is 1. The van der Waals surface area contributed by atoms with Gasteiger partial charge in [-0.1, -0.05) is 63.6 Å². The van der Waals surface area contributed by atoms with Crippen molar-refractivity contribution in [2.24, 2.45) is 52.6 Å². The fraction of sp³-hybridized carbons (Fsp3) is 0.778. The molecule has 85 heavy (non-hydrogen) atoms. The first-order valence-electron chi connectivity index (χ1n) is 30.5. The number of fused-ring (bicyclic) bond motifs is 4. The summed E-state index contributed by atoms with van der Waals surface area (Å²) in [5.41, 5.74) is 4.69. The molecule has 1 spiro atoms. The van der Waals surface area contributed by atoms with E-state index in [1.54, 1.807) is 27.7 Å².